The molecule has 1 aromatic carbocycles. The van der Waals surface area contributed by atoms with Crippen molar-refractivity contribution in [2.45, 2.75) is 6.42 Å². The van der Waals surface area contributed by atoms with Gasteiger partial charge in [0.25, 0.3) is 0 Å². The number of carbonyl (C=O) groups excluding carboxylic acids is 1. The van der Waals surface area contributed by atoms with Crippen LogP contribution in [0.2, 0.25) is 0 Å². The number of nitrogens with zero attached hydrogens (tertiary/aromatic N) is 4. The molecule has 0 atom stereocenters. The number of amides is 1. The topological polar surface area (TPSA) is 94.5 Å². The number of furan rings is 1. The fourth-order valence-corrected chi connectivity index (χ4v) is 3.01. The van der Waals surface area contributed by atoms with Crippen molar-refractivity contribution < 1.29 is 13.9 Å². The first kappa shape index (κ1) is 13.7. The predicted octanol–water partition coefficient (Wildman–Crippen LogP) is 2.12. The Balaban J connectivity index is 1.53. The number of anilines is 1. The second-order valence-corrected chi connectivity index (χ2v) is 5.77. The summed E-state index contributed by atoms with van der Waals surface area (Å²) in [5, 5.41) is 15.9. The summed E-state index contributed by atoms with van der Waals surface area (Å²) in [5.41, 5.74) is 1.49. The first-order valence-corrected chi connectivity index (χ1v) is 7.55. The second kappa shape index (κ2) is 5.36. The van der Waals surface area contributed by atoms with Gasteiger partial charge in [-0.25, -0.2) is 0 Å². The van der Waals surface area contributed by atoms with E-state index in [1.54, 1.807) is 19.4 Å². The van der Waals surface area contributed by atoms with Crippen molar-refractivity contribution in [2.75, 3.05) is 12.4 Å². The molecule has 3 heterocycles. The normalized spacial score (nSPS) is 11.2. The van der Waals surface area contributed by atoms with Crippen LogP contribution in [-0.2, 0) is 11.2 Å². The summed E-state index contributed by atoms with van der Waals surface area (Å²) in [6.07, 6.45) is 3.26. The van der Waals surface area contributed by atoms with E-state index < -0.39 is 0 Å². The van der Waals surface area contributed by atoms with E-state index in [9.17, 15) is 4.79 Å². The zero-order valence-corrected chi connectivity index (χ0v) is 12.8. The van der Waals surface area contributed by atoms with Crippen molar-refractivity contribution in [3.05, 3.63) is 36.4 Å². The summed E-state index contributed by atoms with van der Waals surface area (Å²) in [6, 6.07) is 5.51. The molecule has 0 aliphatic heterocycles. The van der Waals surface area contributed by atoms with Crippen LogP contribution in [0.1, 0.15) is 5.56 Å². The van der Waals surface area contributed by atoms with Crippen molar-refractivity contribution >= 4 is 38.3 Å². The largest absolute Gasteiger partial charge is 0.497 e. The summed E-state index contributed by atoms with van der Waals surface area (Å²) >= 11 is 1.26. The Kier molecular flexibility index (Phi) is 3.19. The summed E-state index contributed by atoms with van der Waals surface area (Å²) in [4.78, 5) is 12.8. The Morgan fingerprint density at radius 2 is 2.39 bits per heavy atom. The van der Waals surface area contributed by atoms with Gasteiger partial charge in [0.15, 0.2) is 0 Å². The number of methoxy groups -OCH3 is 1. The van der Waals surface area contributed by atoms with Crippen LogP contribution in [0.25, 0.3) is 15.9 Å². The standard InChI is InChI=1S/C14H11N5O3S/c1-21-9-2-3-10-8(6-22-11(10)5-9)4-12(20)16-13-18-19-7-15-17-14(19)23-13/h2-3,5-7H,4H2,1H3,(H,16,18,20). The van der Waals surface area contributed by atoms with Gasteiger partial charge in [-0.15, -0.1) is 15.3 Å². The molecule has 23 heavy (non-hydrogen) atoms. The van der Waals surface area contributed by atoms with Crippen LogP contribution < -0.4 is 10.1 Å². The van der Waals surface area contributed by atoms with E-state index in [-0.39, 0.29) is 12.3 Å². The molecule has 1 N–H and O–H groups in total. The molecule has 9 heteroatoms. The Hall–Kier alpha value is -2.94. The van der Waals surface area contributed by atoms with Gasteiger partial charge in [0.1, 0.15) is 17.7 Å². The van der Waals surface area contributed by atoms with E-state index in [0.29, 0.717) is 21.4 Å². The lowest BCUT2D eigenvalue weighted by Gasteiger charge is -2.01. The van der Waals surface area contributed by atoms with Gasteiger partial charge < -0.3 is 14.5 Å². The van der Waals surface area contributed by atoms with E-state index in [1.165, 1.54) is 22.2 Å². The first-order chi connectivity index (χ1) is 11.2. The fraction of sp³-hybridized carbons (Fsp3) is 0.143. The minimum atomic E-state index is -0.173. The van der Waals surface area contributed by atoms with Crippen molar-refractivity contribution in [1.82, 2.24) is 19.8 Å². The summed E-state index contributed by atoms with van der Waals surface area (Å²) in [6.45, 7) is 0. The lowest BCUT2D eigenvalue weighted by atomic mass is 10.1. The summed E-state index contributed by atoms with van der Waals surface area (Å²) in [5.74, 6) is 0.538. The Morgan fingerprint density at radius 3 is 3.22 bits per heavy atom. The number of hydrogen-bond acceptors (Lipinski definition) is 7. The van der Waals surface area contributed by atoms with E-state index in [1.807, 2.05) is 12.1 Å². The van der Waals surface area contributed by atoms with Crippen molar-refractivity contribution in [3.8, 4) is 5.75 Å². The van der Waals surface area contributed by atoms with Crippen molar-refractivity contribution in [3.63, 3.8) is 0 Å². The molecule has 0 spiro atoms. The van der Waals surface area contributed by atoms with Gasteiger partial charge in [0.2, 0.25) is 16.0 Å². The number of hydrogen-bond donors (Lipinski definition) is 1. The molecule has 0 fully saturated rings. The van der Waals surface area contributed by atoms with Crippen LogP contribution in [-0.4, -0.2) is 32.8 Å². The molecule has 4 rings (SSSR count). The predicted molar refractivity (Wildman–Crippen MR) is 83.8 cm³/mol. The average Bonchev–Trinajstić information content (AvgIpc) is 3.22. The van der Waals surface area contributed by atoms with Crippen LogP contribution in [0.3, 0.4) is 0 Å². The third-order valence-corrected chi connectivity index (χ3v) is 4.18. The Labute approximate surface area is 133 Å². The molecule has 0 radical (unpaired) electrons. The van der Waals surface area contributed by atoms with Crippen LogP contribution in [0, 0.1) is 0 Å². The number of benzene rings is 1. The highest BCUT2D eigenvalue weighted by Gasteiger charge is 2.13. The maximum absolute atomic E-state index is 12.2. The highest BCUT2D eigenvalue weighted by Crippen LogP contribution is 2.26. The molecule has 8 nitrogen and oxygen atoms in total. The van der Waals surface area contributed by atoms with Gasteiger partial charge in [-0.05, 0) is 12.1 Å². The van der Waals surface area contributed by atoms with E-state index >= 15 is 0 Å². The van der Waals surface area contributed by atoms with Crippen LogP contribution in [0.4, 0.5) is 5.13 Å². The number of rotatable bonds is 4. The molecule has 4 aromatic rings. The molecular weight excluding hydrogens is 318 g/mol. The highest BCUT2D eigenvalue weighted by atomic mass is 32.1. The quantitative estimate of drug-likeness (QED) is 0.616. The van der Waals surface area contributed by atoms with Gasteiger partial charge in [-0.1, -0.05) is 11.3 Å². The third kappa shape index (κ3) is 2.50. The molecule has 1 amide bonds. The second-order valence-electron chi connectivity index (χ2n) is 4.81. The summed E-state index contributed by atoms with van der Waals surface area (Å²) < 4.78 is 12.1. The Morgan fingerprint density at radius 1 is 1.48 bits per heavy atom. The molecule has 0 bridgehead atoms. The van der Waals surface area contributed by atoms with Crippen LogP contribution in [0.5, 0.6) is 5.75 Å². The lowest BCUT2D eigenvalue weighted by Crippen LogP contribution is -2.14. The fourth-order valence-electron chi connectivity index (χ4n) is 2.27. The SMILES string of the molecule is COc1ccc2c(CC(=O)Nc3nn4cnnc4s3)coc2c1. The molecule has 0 saturated heterocycles. The number of carbonyl (C=O) groups is 1. The van der Waals surface area contributed by atoms with Crippen LogP contribution in [0.15, 0.2) is 35.2 Å². The van der Waals surface area contributed by atoms with Gasteiger partial charge in [-0.3, -0.25) is 4.79 Å². The van der Waals surface area contributed by atoms with Gasteiger partial charge in [0, 0.05) is 17.0 Å². The van der Waals surface area contributed by atoms with E-state index in [0.717, 1.165) is 10.9 Å². The maximum atomic E-state index is 12.2. The molecule has 0 unspecified atom stereocenters. The van der Waals surface area contributed by atoms with Gasteiger partial charge in [-0.2, -0.15) is 4.52 Å². The number of aromatic nitrogens is 4. The highest BCUT2D eigenvalue weighted by molar-refractivity contribution is 7.20. The van der Waals surface area contributed by atoms with Crippen molar-refractivity contribution in [2.24, 2.45) is 0 Å². The van der Waals surface area contributed by atoms with Gasteiger partial charge in [0.05, 0.1) is 19.8 Å². The van der Waals surface area contributed by atoms with E-state index in [2.05, 4.69) is 20.6 Å². The molecule has 0 aliphatic rings. The lowest BCUT2D eigenvalue weighted by molar-refractivity contribution is -0.115. The molecule has 116 valence electrons. The smallest absolute Gasteiger partial charge is 0.236 e. The summed E-state index contributed by atoms with van der Waals surface area (Å²) in [7, 11) is 1.60. The third-order valence-electron chi connectivity index (χ3n) is 3.35. The monoisotopic (exact) mass is 329 g/mol. The Bertz CT molecular complexity index is 974. The molecule has 3 aromatic heterocycles. The molecule has 0 aliphatic carbocycles. The number of ether oxygens (including phenoxy) is 1. The zero-order valence-electron chi connectivity index (χ0n) is 12.0. The number of fused-ring (bicyclic) bond motifs is 2. The molecule has 0 saturated carbocycles. The minimum absolute atomic E-state index is 0.173. The maximum Gasteiger partial charge on any atom is 0.236 e. The van der Waals surface area contributed by atoms with Crippen LogP contribution >= 0.6 is 11.3 Å². The van der Waals surface area contributed by atoms with Crippen molar-refractivity contribution in [1.29, 1.82) is 0 Å². The zero-order chi connectivity index (χ0) is 15.8. The average molecular weight is 329 g/mol. The van der Waals surface area contributed by atoms with E-state index in [4.69, 9.17) is 9.15 Å². The first-order valence-electron chi connectivity index (χ1n) is 6.74. The number of nitrogens with one attached hydrogen (secondary N) is 1. The van der Waals surface area contributed by atoms with Gasteiger partial charge >= 0.3 is 0 Å². The minimum Gasteiger partial charge on any atom is -0.497 e. The molecular formula is C14H11N5O3S.